The first-order chi connectivity index (χ1) is 16.1. The fourth-order valence-electron chi connectivity index (χ4n) is 3.51. The van der Waals surface area contributed by atoms with Crippen LogP contribution in [0.1, 0.15) is 66.1 Å². The highest BCUT2D eigenvalue weighted by Gasteiger charge is 2.35. The first-order valence-corrected chi connectivity index (χ1v) is 11.9. The molecule has 0 fully saturated rings. The number of nitrogens with two attached hydrogens (primary N) is 1. The van der Waals surface area contributed by atoms with Gasteiger partial charge in [0, 0.05) is 23.4 Å². The number of amidine groups is 1. The molecule has 8 nitrogen and oxygen atoms in total. The lowest BCUT2D eigenvalue weighted by molar-refractivity contribution is -0.137. The zero-order chi connectivity index (χ0) is 25.3. The number of rotatable bonds is 13. The van der Waals surface area contributed by atoms with E-state index in [1.165, 1.54) is 23.5 Å². The van der Waals surface area contributed by atoms with Gasteiger partial charge in [0.1, 0.15) is 10.7 Å². The van der Waals surface area contributed by atoms with E-state index < -0.39 is 23.2 Å². The van der Waals surface area contributed by atoms with Crippen LogP contribution in [-0.4, -0.2) is 35.3 Å². The first-order valence-electron chi connectivity index (χ1n) is 11.1. The number of carboxylic acids is 1. The monoisotopic (exact) mass is 527 g/mol. The average Bonchev–Trinajstić information content (AvgIpc) is 3.26. The van der Waals surface area contributed by atoms with Gasteiger partial charge in [0.2, 0.25) is 5.91 Å². The summed E-state index contributed by atoms with van der Waals surface area (Å²) in [5.41, 5.74) is 4.86. The number of amides is 1. The minimum atomic E-state index is -0.856. The van der Waals surface area contributed by atoms with E-state index in [-0.39, 0.29) is 46.8 Å². The molecule has 1 amide bonds. The maximum atomic E-state index is 14.2. The van der Waals surface area contributed by atoms with Crippen molar-refractivity contribution in [3.05, 3.63) is 51.5 Å². The number of unbranched alkanes of at least 4 members (excludes halogenated alkanes) is 1. The first kappa shape index (κ1) is 30.1. The molecule has 1 aromatic heterocycles. The Morgan fingerprint density at radius 2 is 1.86 bits per heavy atom. The maximum absolute atomic E-state index is 14.2. The number of benzene rings is 1. The summed E-state index contributed by atoms with van der Waals surface area (Å²) in [5, 5.41) is 19.0. The molecule has 2 aromatic rings. The summed E-state index contributed by atoms with van der Waals surface area (Å²) in [6, 6.07) is 7.02. The van der Waals surface area contributed by atoms with Crippen molar-refractivity contribution >= 4 is 47.4 Å². The number of carboxylic acid groups (broad SMARTS) is 1. The normalized spacial score (nSPS) is 10.8. The highest BCUT2D eigenvalue weighted by molar-refractivity contribution is 7.14. The van der Waals surface area contributed by atoms with Crippen molar-refractivity contribution in [1.29, 1.82) is 5.41 Å². The van der Waals surface area contributed by atoms with Crippen LogP contribution in [0.4, 0.5) is 4.39 Å². The van der Waals surface area contributed by atoms with Crippen molar-refractivity contribution in [3.8, 4) is 5.75 Å². The molecule has 0 saturated heterocycles. The molecule has 0 aliphatic rings. The highest BCUT2D eigenvalue weighted by atomic mass is 35.5. The second kappa shape index (κ2) is 13.8. The number of nitrogen functional groups attached to an aromatic ring is 1. The largest absolute Gasteiger partial charge is 0.481 e. The van der Waals surface area contributed by atoms with E-state index in [1.54, 1.807) is 12.1 Å². The smallest absolute Gasteiger partial charge is 0.353 e. The van der Waals surface area contributed by atoms with E-state index in [1.807, 2.05) is 13.8 Å². The zero-order valence-corrected chi connectivity index (χ0v) is 21.3. The number of esters is 1. The molecule has 0 saturated carbocycles. The van der Waals surface area contributed by atoms with Crippen LogP contribution in [0, 0.1) is 16.6 Å². The molecule has 0 aliphatic heterocycles. The molecule has 192 valence electrons. The van der Waals surface area contributed by atoms with Crippen molar-refractivity contribution in [3.63, 3.8) is 0 Å². The Bertz CT molecular complexity index is 1060. The summed E-state index contributed by atoms with van der Waals surface area (Å²) in [6.07, 6.45) is 2.77. The van der Waals surface area contributed by atoms with Crippen molar-refractivity contribution in [2.45, 2.75) is 52.4 Å². The summed E-state index contributed by atoms with van der Waals surface area (Å²) in [4.78, 5) is 37.2. The number of hydrogen-bond acceptors (Lipinski definition) is 6. The number of carbonyl (C=O) groups excluding carboxylic acids is 2. The van der Waals surface area contributed by atoms with Crippen molar-refractivity contribution in [2.24, 2.45) is 11.1 Å². The second-order valence-electron chi connectivity index (χ2n) is 7.99. The summed E-state index contributed by atoms with van der Waals surface area (Å²) in [5.74, 6) is -3.02. The van der Waals surface area contributed by atoms with Crippen molar-refractivity contribution in [1.82, 2.24) is 5.32 Å². The molecule has 0 aliphatic carbocycles. The molecular weight excluding hydrogens is 497 g/mol. The third-order valence-electron chi connectivity index (χ3n) is 5.76. The van der Waals surface area contributed by atoms with E-state index in [2.05, 4.69) is 5.32 Å². The Kier molecular flexibility index (Phi) is 11.8. The Hall–Kier alpha value is -2.98. The number of carbonyl (C=O) groups is 3. The predicted molar refractivity (Wildman–Crippen MR) is 135 cm³/mol. The van der Waals surface area contributed by atoms with Crippen molar-refractivity contribution < 1.29 is 28.6 Å². The Labute approximate surface area is 214 Å². The molecule has 2 rings (SSSR count). The van der Waals surface area contributed by atoms with Crippen molar-refractivity contribution in [2.75, 3.05) is 6.54 Å². The molecule has 0 atom stereocenters. The van der Waals surface area contributed by atoms with Gasteiger partial charge in [-0.25, -0.2) is 9.18 Å². The Morgan fingerprint density at radius 3 is 2.43 bits per heavy atom. The lowest BCUT2D eigenvalue weighted by atomic mass is 9.77. The minimum absolute atomic E-state index is 0. The third kappa shape index (κ3) is 8.32. The fourth-order valence-corrected chi connectivity index (χ4v) is 4.54. The zero-order valence-electron chi connectivity index (χ0n) is 19.7. The Morgan fingerprint density at radius 1 is 1.17 bits per heavy atom. The van der Waals surface area contributed by atoms with E-state index in [9.17, 15) is 18.8 Å². The molecule has 0 spiro atoms. The number of aliphatic carboxylic acids is 1. The fraction of sp³-hybridized carbons (Fsp3) is 0.417. The minimum Gasteiger partial charge on any atom is -0.481 e. The number of thiophene rings is 1. The van der Waals surface area contributed by atoms with Gasteiger partial charge in [-0.1, -0.05) is 13.8 Å². The van der Waals surface area contributed by atoms with Gasteiger partial charge in [-0.3, -0.25) is 15.0 Å². The van der Waals surface area contributed by atoms with Gasteiger partial charge >= 0.3 is 11.9 Å². The molecule has 0 bridgehead atoms. The van der Waals surface area contributed by atoms with Crippen LogP contribution < -0.4 is 15.8 Å². The molecular formula is C24H31ClFN3O5S. The average molecular weight is 528 g/mol. The summed E-state index contributed by atoms with van der Waals surface area (Å²) in [6.45, 7) is 4.28. The van der Waals surface area contributed by atoms with Crippen LogP contribution in [0.5, 0.6) is 5.75 Å². The molecule has 0 radical (unpaired) electrons. The van der Waals surface area contributed by atoms with Crippen LogP contribution >= 0.6 is 23.7 Å². The molecule has 1 heterocycles. The van der Waals surface area contributed by atoms with E-state index >= 15 is 0 Å². The van der Waals surface area contributed by atoms with Gasteiger partial charge in [-0.05, 0) is 62.4 Å². The Balaban J connectivity index is 0.00000612. The molecule has 11 heteroatoms. The number of ether oxygens (including phenoxy) is 1. The van der Waals surface area contributed by atoms with E-state index in [0.717, 1.165) is 10.9 Å². The third-order valence-corrected chi connectivity index (χ3v) is 6.82. The molecule has 1 aromatic carbocycles. The predicted octanol–water partition coefficient (Wildman–Crippen LogP) is 4.53. The highest BCUT2D eigenvalue weighted by Crippen LogP contribution is 2.34. The van der Waals surface area contributed by atoms with Gasteiger partial charge < -0.3 is 20.9 Å². The van der Waals surface area contributed by atoms with Crippen LogP contribution in [-0.2, 0) is 16.0 Å². The van der Waals surface area contributed by atoms with Crippen LogP contribution in [0.2, 0.25) is 0 Å². The molecule has 0 unspecified atom stereocenters. The number of nitrogens with one attached hydrogen (secondary N) is 2. The van der Waals surface area contributed by atoms with Crippen LogP contribution in [0.15, 0.2) is 30.3 Å². The molecule has 35 heavy (non-hydrogen) atoms. The lowest BCUT2D eigenvalue weighted by Crippen LogP contribution is -2.42. The van der Waals surface area contributed by atoms with Crippen LogP contribution in [0.3, 0.4) is 0 Å². The summed E-state index contributed by atoms with van der Waals surface area (Å²) < 4.78 is 19.4. The number of halogens is 2. The number of hydrogen-bond donors (Lipinski definition) is 4. The van der Waals surface area contributed by atoms with Gasteiger partial charge in [0.25, 0.3) is 0 Å². The van der Waals surface area contributed by atoms with Gasteiger partial charge in [-0.2, -0.15) is 0 Å². The van der Waals surface area contributed by atoms with Gasteiger partial charge in [0.15, 0.2) is 11.6 Å². The topological polar surface area (TPSA) is 143 Å². The van der Waals surface area contributed by atoms with E-state index in [4.69, 9.17) is 21.0 Å². The summed E-state index contributed by atoms with van der Waals surface area (Å²) in [7, 11) is 0. The SMILES string of the molecule is CCC(CC)(Cc1ccc(C(=O)Oc2ccc(C(=N)N)cc2F)s1)C(=O)NCCCCC(=O)O.Cl. The van der Waals surface area contributed by atoms with Gasteiger partial charge in [0.05, 0.1) is 5.41 Å². The molecule has 5 N–H and O–H groups in total. The standard InChI is InChI=1S/C24H30FN3O5S.ClH/c1-3-24(4-2,23(32)28-12-6-5-7-20(29)30)14-16-9-11-19(34-16)22(31)33-18-10-8-15(21(26)27)13-17(18)25;/h8-11,13H,3-7,12,14H2,1-2H3,(H3,26,27)(H,28,32)(H,29,30);1H. The lowest BCUT2D eigenvalue weighted by Gasteiger charge is -2.30. The van der Waals surface area contributed by atoms with Crippen LogP contribution in [0.25, 0.3) is 0 Å². The second-order valence-corrected chi connectivity index (χ2v) is 9.15. The maximum Gasteiger partial charge on any atom is 0.353 e. The summed E-state index contributed by atoms with van der Waals surface area (Å²) >= 11 is 1.19. The quantitative estimate of drug-likeness (QED) is 0.0990. The van der Waals surface area contributed by atoms with E-state index in [0.29, 0.717) is 38.6 Å². The van der Waals surface area contributed by atoms with Gasteiger partial charge in [-0.15, -0.1) is 23.7 Å².